The van der Waals surface area contributed by atoms with Crippen LogP contribution in [0.25, 0.3) is 11.3 Å². The van der Waals surface area contributed by atoms with E-state index in [-0.39, 0.29) is 17.7 Å². The number of hydrogen-bond acceptors (Lipinski definition) is 9. The first-order valence-corrected chi connectivity index (χ1v) is 14.6. The summed E-state index contributed by atoms with van der Waals surface area (Å²) in [4.78, 5) is 36.0. The Morgan fingerprint density at radius 3 is 2.63 bits per heavy atom. The Morgan fingerprint density at radius 1 is 1.07 bits per heavy atom. The summed E-state index contributed by atoms with van der Waals surface area (Å²) >= 11 is 1.27. The van der Waals surface area contributed by atoms with Gasteiger partial charge in [-0.1, -0.05) is 24.3 Å². The summed E-state index contributed by atoms with van der Waals surface area (Å²) in [5.74, 6) is 0.919. The molecule has 2 aromatic heterocycles. The summed E-state index contributed by atoms with van der Waals surface area (Å²) in [6.45, 7) is 7.59. The van der Waals surface area contributed by atoms with Crippen LogP contribution in [0, 0.1) is 13.8 Å². The lowest BCUT2D eigenvalue weighted by Crippen LogP contribution is -2.38. The topological polar surface area (TPSA) is 107 Å². The number of aromatic hydroxyl groups is 1. The van der Waals surface area contributed by atoms with Crippen LogP contribution in [-0.2, 0) is 6.54 Å². The number of aromatic nitrogens is 4. The second kappa shape index (κ2) is 12.6. The lowest BCUT2D eigenvalue weighted by Gasteiger charge is -2.34. The summed E-state index contributed by atoms with van der Waals surface area (Å²) in [5.41, 5.74) is 5.05. The molecule has 0 radical (unpaired) electrons. The van der Waals surface area contributed by atoms with E-state index in [1.165, 1.54) is 18.4 Å². The number of nitrogens with zero attached hydrogens (tertiary/aromatic N) is 6. The number of carbonyl (C=O) groups excluding carboxylic acids is 1. The number of aryl methyl sites for hydroxylation is 2. The molecule has 0 aliphatic carbocycles. The van der Waals surface area contributed by atoms with Crippen molar-refractivity contribution in [1.82, 2.24) is 24.8 Å². The zero-order chi connectivity index (χ0) is 28.9. The molecule has 1 aliphatic heterocycles. The Bertz CT molecular complexity index is 1530. The highest BCUT2D eigenvalue weighted by Crippen LogP contribution is 2.30. The fourth-order valence-corrected chi connectivity index (χ4v) is 5.84. The SMILES string of the molecule is Cc1cccc(C)c1-c1cc(O)nc(NSc2cccc(C(=O)N(C)Cc3cncc(N4CCCC[C@H]4C)n3)c2)n1. The Morgan fingerprint density at radius 2 is 1.85 bits per heavy atom. The first-order chi connectivity index (χ1) is 19.8. The van der Waals surface area contributed by atoms with E-state index in [9.17, 15) is 9.90 Å². The molecule has 3 heterocycles. The molecule has 9 nitrogen and oxygen atoms in total. The van der Waals surface area contributed by atoms with Crippen molar-refractivity contribution >= 4 is 29.6 Å². The molecule has 4 aromatic rings. The van der Waals surface area contributed by atoms with E-state index in [4.69, 9.17) is 4.98 Å². The first-order valence-electron chi connectivity index (χ1n) is 13.8. The van der Waals surface area contributed by atoms with Gasteiger partial charge in [0.2, 0.25) is 11.8 Å². The number of benzene rings is 2. The van der Waals surface area contributed by atoms with Crippen molar-refractivity contribution in [3.05, 3.63) is 83.3 Å². The third-order valence-electron chi connectivity index (χ3n) is 7.31. The van der Waals surface area contributed by atoms with Gasteiger partial charge in [0.15, 0.2) is 0 Å². The van der Waals surface area contributed by atoms with Gasteiger partial charge in [0.05, 0.1) is 30.3 Å². The third-order valence-corrected chi connectivity index (χ3v) is 8.08. The number of hydrogen-bond donors (Lipinski definition) is 2. The van der Waals surface area contributed by atoms with E-state index in [2.05, 4.69) is 31.5 Å². The number of rotatable bonds is 8. The van der Waals surface area contributed by atoms with Crippen LogP contribution in [0.3, 0.4) is 0 Å². The van der Waals surface area contributed by atoms with E-state index in [1.807, 2.05) is 56.4 Å². The molecule has 1 atom stereocenters. The van der Waals surface area contributed by atoms with Crippen LogP contribution in [-0.4, -0.2) is 55.5 Å². The fraction of sp³-hybridized carbons (Fsp3) is 0.323. The quantitative estimate of drug-likeness (QED) is 0.246. The highest BCUT2D eigenvalue weighted by molar-refractivity contribution is 8.00. The minimum atomic E-state index is -0.117. The Hall–Kier alpha value is -4.18. The van der Waals surface area contributed by atoms with Gasteiger partial charge in [-0.25, -0.2) is 9.97 Å². The Kier molecular flexibility index (Phi) is 8.68. The molecule has 1 fully saturated rings. The van der Waals surface area contributed by atoms with E-state index >= 15 is 0 Å². The van der Waals surface area contributed by atoms with Crippen LogP contribution in [0.5, 0.6) is 5.88 Å². The average molecular weight is 570 g/mol. The maximum atomic E-state index is 13.3. The van der Waals surface area contributed by atoms with E-state index < -0.39 is 0 Å². The van der Waals surface area contributed by atoms with Gasteiger partial charge >= 0.3 is 0 Å². The normalized spacial score (nSPS) is 15.0. The van der Waals surface area contributed by atoms with E-state index in [0.29, 0.717) is 23.8 Å². The van der Waals surface area contributed by atoms with Crippen LogP contribution in [0.4, 0.5) is 11.8 Å². The first kappa shape index (κ1) is 28.4. The summed E-state index contributed by atoms with van der Waals surface area (Å²) in [6, 6.07) is 15.4. The van der Waals surface area contributed by atoms with E-state index in [1.54, 1.807) is 30.3 Å². The molecule has 0 saturated carbocycles. The molecule has 0 spiro atoms. The van der Waals surface area contributed by atoms with Crippen molar-refractivity contribution in [2.75, 3.05) is 23.2 Å². The van der Waals surface area contributed by atoms with Crippen molar-refractivity contribution in [1.29, 1.82) is 0 Å². The van der Waals surface area contributed by atoms with Crippen LogP contribution in [0.1, 0.15) is 53.4 Å². The summed E-state index contributed by atoms with van der Waals surface area (Å²) < 4.78 is 3.11. The number of nitrogens with one attached hydrogen (secondary N) is 1. The fourth-order valence-electron chi connectivity index (χ4n) is 5.21. The van der Waals surface area contributed by atoms with Gasteiger partial charge in [-0.2, -0.15) is 4.98 Å². The molecular formula is C31H35N7O2S. The van der Waals surface area contributed by atoms with Crippen LogP contribution < -0.4 is 9.62 Å². The maximum absolute atomic E-state index is 13.3. The van der Waals surface area contributed by atoms with Crippen LogP contribution in [0.15, 0.2) is 65.8 Å². The molecule has 0 bridgehead atoms. The smallest absolute Gasteiger partial charge is 0.253 e. The minimum Gasteiger partial charge on any atom is -0.493 e. The van der Waals surface area contributed by atoms with Gasteiger partial charge in [0.1, 0.15) is 5.82 Å². The van der Waals surface area contributed by atoms with Crippen LogP contribution >= 0.6 is 11.9 Å². The van der Waals surface area contributed by atoms with Gasteiger partial charge in [-0.05, 0) is 81.3 Å². The van der Waals surface area contributed by atoms with Crippen molar-refractivity contribution in [3.8, 4) is 17.1 Å². The highest BCUT2D eigenvalue weighted by atomic mass is 32.2. The summed E-state index contributed by atoms with van der Waals surface area (Å²) in [6.07, 6.45) is 7.08. The van der Waals surface area contributed by atoms with Gasteiger partial charge in [-0.3, -0.25) is 14.5 Å². The zero-order valence-corrected chi connectivity index (χ0v) is 24.6. The second-order valence-electron chi connectivity index (χ2n) is 10.5. The molecule has 2 aromatic carbocycles. The molecule has 1 amide bonds. The van der Waals surface area contributed by atoms with Crippen molar-refractivity contribution < 1.29 is 9.90 Å². The van der Waals surface area contributed by atoms with Gasteiger partial charge in [-0.15, -0.1) is 0 Å². The maximum Gasteiger partial charge on any atom is 0.253 e. The third kappa shape index (κ3) is 6.77. The van der Waals surface area contributed by atoms with E-state index in [0.717, 1.165) is 52.5 Å². The molecule has 0 unspecified atom stereocenters. The predicted octanol–water partition coefficient (Wildman–Crippen LogP) is 6.03. The number of carbonyl (C=O) groups is 1. The zero-order valence-electron chi connectivity index (χ0n) is 23.8. The number of anilines is 2. The minimum absolute atomic E-state index is 0.114. The monoisotopic (exact) mass is 569 g/mol. The lowest BCUT2D eigenvalue weighted by molar-refractivity contribution is 0.0783. The number of amides is 1. The number of piperidine rings is 1. The molecule has 1 aliphatic rings. The van der Waals surface area contributed by atoms with Crippen molar-refractivity contribution in [2.45, 2.75) is 57.5 Å². The van der Waals surface area contributed by atoms with Crippen molar-refractivity contribution in [3.63, 3.8) is 0 Å². The second-order valence-corrected chi connectivity index (χ2v) is 11.4. The molecule has 5 rings (SSSR count). The summed E-state index contributed by atoms with van der Waals surface area (Å²) in [7, 11) is 1.77. The van der Waals surface area contributed by atoms with Crippen molar-refractivity contribution in [2.24, 2.45) is 0 Å². The molecule has 2 N–H and O–H groups in total. The predicted molar refractivity (Wildman–Crippen MR) is 163 cm³/mol. The Balaban J connectivity index is 1.25. The molecular weight excluding hydrogens is 534 g/mol. The van der Waals surface area contributed by atoms with Crippen LogP contribution in [0.2, 0.25) is 0 Å². The largest absolute Gasteiger partial charge is 0.493 e. The molecule has 212 valence electrons. The lowest BCUT2D eigenvalue weighted by atomic mass is 10.00. The van der Waals surface area contributed by atoms with Gasteiger partial charge in [0.25, 0.3) is 5.91 Å². The Labute approximate surface area is 245 Å². The standard InChI is InChI=1S/C31H35N7O2S/c1-20-9-7-10-21(2)29(20)26-16-28(39)35-31(34-26)36-41-25-13-8-12-23(15-25)30(40)37(4)19-24-17-32-18-27(33-24)38-14-6-5-11-22(38)3/h7-10,12-13,15-18,22H,5-6,11,14,19H2,1-4H3,(H2,34,35,36,39)/t22-/m1/s1. The highest BCUT2D eigenvalue weighted by Gasteiger charge is 2.21. The average Bonchev–Trinajstić information content (AvgIpc) is 2.96. The van der Waals surface area contributed by atoms with Gasteiger partial charge < -0.3 is 14.9 Å². The summed E-state index contributed by atoms with van der Waals surface area (Å²) in [5, 5.41) is 10.3. The molecule has 41 heavy (non-hydrogen) atoms. The van der Waals surface area contributed by atoms with Gasteiger partial charge in [0, 0.05) is 41.7 Å². The molecule has 10 heteroatoms. The molecule has 1 saturated heterocycles.